The predicted octanol–water partition coefficient (Wildman–Crippen LogP) is 3.08. The lowest BCUT2D eigenvalue weighted by Gasteiger charge is -2.09. The maximum atomic E-state index is 11.1. The number of hydrogen-bond acceptors (Lipinski definition) is 2. The summed E-state index contributed by atoms with van der Waals surface area (Å²) >= 11 is 9.31. The molecule has 0 saturated heterocycles. The van der Waals surface area contributed by atoms with Gasteiger partial charge in [0, 0.05) is 10.9 Å². The smallest absolute Gasteiger partial charge is 0.324 e. The van der Waals surface area contributed by atoms with Crippen LogP contribution in [0.25, 0.3) is 0 Å². The number of ether oxygens (including phenoxy) is 1. The summed E-state index contributed by atoms with van der Waals surface area (Å²) in [6.45, 7) is 2.00. The molecule has 1 aromatic rings. The first-order valence-electron chi connectivity index (χ1n) is 4.51. The number of hydrogen-bond donors (Lipinski definition) is 0. The lowest BCUT2D eigenvalue weighted by molar-refractivity contribution is -0.140. The first-order valence-corrected chi connectivity index (χ1v) is 5.74. The van der Waals surface area contributed by atoms with Gasteiger partial charge in [0.2, 0.25) is 0 Å². The summed E-state index contributed by atoms with van der Waals surface area (Å²) in [6.07, 6.45) is 0.469. The molecule has 1 aromatic carbocycles. The van der Waals surface area contributed by atoms with Crippen LogP contribution >= 0.6 is 27.5 Å². The molecule has 0 N–H and O–H groups in total. The van der Waals surface area contributed by atoms with Crippen LogP contribution in [0.1, 0.15) is 11.1 Å². The summed E-state index contributed by atoms with van der Waals surface area (Å²) in [5.41, 5.74) is 2.15. The zero-order valence-corrected chi connectivity index (χ0v) is 10.9. The third-order valence-electron chi connectivity index (χ3n) is 2.06. The second-order valence-corrected chi connectivity index (χ2v) is 4.67. The summed E-state index contributed by atoms with van der Waals surface area (Å²) in [4.78, 5) is 11.1. The van der Waals surface area contributed by atoms with E-state index in [1.54, 1.807) is 0 Å². The predicted molar refractivity (Wildman–Crippen MR) is 64.2 cm³/mol. The van der Waals surface area contributed by atoms with Gasteiger partial charge in [-0.3, -0.25) is 4.79 Å². The van der Waals surface area contributed by atoms with Crippen molar-refractivity contribution in [1.82, 2.24) is 0 Å². The Bertz CT molecular complexity index is 366. The normalized spacial score (nSPS) is 12.3. The van der Waals surface area contributed by atoms with Gasteiger partial charge in [0.25, 0.3) is 0 Å². The number of benzene rings is 1. The number of carbonyl (C=O) groups is 1. The maximum absolute atomic E-state index is 11.1. The average molecular weight is 292 g/mol. The highest BCUT2D eigenvalue weighted by molar-refractivity contribution is 9.10. The van der Waals surface area contributed by atoms with Crippen molar-refractivity contribution in [3.8, 4) is 0 Å². The highest BCUT2D eigenvalue weighted by Gasteiger charge is 2.17. The third kappa shape index (κ3) is 3.50. The van der Waals surface area contributed by atoms with Crippen molar-refractivity contribution in [3.63, 3.8) is 0 Å². The van der Waals surface area contributed by atoms with Crippen LogP contribution in [0.5, 0.6) is 0 Å². The fourth-order valence-corrected chi connectivity index (χ4v) is 1.93. The highest BCUT2D eigenvalue weighted by atomic mass is 79.9. The topological polar surface area (TPSA) is 26.3 Å². The molecule has 0 aliphatic heterocycles. The molecule has 15 heavy (non-hydrogen) atoms. The van der Waals surface area contributed by atoms with E-state index in [2.05, 4.69) is 20.7 Å². The summed E-state index contributed by atoms with van der Waals surface area (Å²) in [7, 11) is 1.34. The van der Waals surface area contributed by atoms with Crippen LogP contribution < -0.4 is 0 Å². The van der Waals surface area contributed by atoms with Gasteiger partial charge < -0.3 is 4.74 Å². The van der Waals surface area contributed by atoms with E-state index >= 15 is 0 Å². The van der Waals surface area contributed by atoms with Crippen molar-refractivity contribution < 1.29 is 9.53 Å². The average Bonchev–Trinajstić information content (AvgIpc) is 2.22. The molecule has 0 aliphatic carbocycles. The van der Waals surface area contributed by atoms with E-state index in [0.717, 1.165) is 15.6 Å². The zero-order chi connectivity index (χ0) is 11.4. The number of halogens is 2. The fraction of sp³-hybridized carbons (Fsp3) is 0.364. The molecule has 0 spiro atoms. The van der Waals surface area contributed by atoms with Gasteiger partial charge in [-0.2, -0.15) is 0 Å². The minimum absolute atomic E-state index is 0.398. The number of rotatable bonds is 3. The summed E-state index contributed by atoms with van der Waals surface area (Å²) in [6, 6.07) is 5.95. The van der Waals surface area contributed by atoms with Gasteiger partial charge >= 0.3 is 5.97 Å². The van der Waals surface area contributed by atoms with Crippen molar-refractivity contribution in [2.24, 2.45) is 0 Å². The molecular formula is C11H12BrClO2. The molecule has 1 unspecified atom stereocenters. The van der Waals surface area contributed by atoms with Gasteiger partial charge in [0.1, 0.15) is 5.38 Å². The Hall–Kier alpha value is -0.540. The van der Waals surface area contributed by atoms with Crippen LogP contribution in [0.2, 0.25) is 0 Å². The van der Waals surface area contributed by atoms with Crippen LogP contribution in [0, 0.1) is 6.92 Å². The molecular weight excluding hydrogens is 279 g/mol. The lowest BCUT2D eigenvalue weighted by Crippen LogP contribution is -2.18. The van der Waals surface area contributed by atoms with Gasteiger partial charge in [0.15, 0.2) is 0 Å². The molecule has 0 saturated carbocycles. The minimum atomic E-state index is -0.631. The summed E-state index contributed by atoms with van der Waals surface area (Å²) in [5.74, 6) is -0.398. The van der Waals surface area contributed by atoms with E-state index in [0.29, 0.717) is 6.42 Å². The Morgan fingerprint density at radius 3 is 2.87 bits per heavy atom. The molecule has 1 atom stereocenters. The third-order valence-corrected chi connectivity index (χ3v) is 3.16. The largest absolute Gasteiger partial charge is 0.468 e. The van der Waals surface area contributed by atoms with Crippen LogP contribution in [-0.2, 0) is 16.0 Å². The highest BCUT2D eigenvalue weighted by Crippen LogP contribution is 2.21. The molecule has 1 rings (SSSR count). The van der Waals surface area contributed by atoms with Gasteiger partial charge in [-0.05, 0) is 18.6 Å². The van der Waals surface area contributed by atoms with Crippen LogP contribution in [0.15, 0.2) is 22.7 Å². The quantitative estimate of drug-likeness (QED) is 0.632. The molecule has 0 bridgehead atoms. The number of alkyl halides is 1. The Morgan fingerprint density at radius 1 is 1.60 bits per heavy atom. The minimum Gasteiger partial charge on any atom is -0.468 e. The van der Waals surface area contributed by atoms with Gasteiger partial charge in [-0.15, -0.1) is 11.6 Å². The number of methoxy groups -OCH3 is 1. The summed E-state index contributed by atoms with van der Waals surface area (Å²) in [5, 5.41) is -0.631. The van der Waals surface area contributed by atoms with Gasteiger partial charge in [-0.25, -0.2) is 0 Å². The molecule has 82 valence electrons. The summed E-state index contributed by atoms with van der Waals surface area (Å²) < 4.78 is 5.53. The van der Waals surface area contributed by atoms with E-state index in [1.807, 2.05) is 25.1 Å². The van der Waals surface area contributed by atoms with Crippen molar-refractivity contribution in [2.75, 3.05) is 7.11 Å². The van der Waals surface area contributed by atoms with E-state index in [4.69, 9.17) is 11.6 Å². The molecule has 0 aliphatic rings. The maximum Gasteiger partial charge on any atom is 0.324 e. The standard InChI is InChI=1S/C11H12BrClO2/c1-7-3-4-9(12)8(5-7)6-10(13)11(14)15-2/h3-5,10H,6H2,1-2H3. The van der Waals surface area contributed by atoms with Crippen LogP contribution in [0.3, 0.4) is 0 Å². The Balaban J connectivity index is 2.80. The van der Waals surface area contributed by atoms with Gasteiger partial charge in [0.05, 0.1) is 7.11 Å². The molecule has 2 nitrogen and oxygen atoms in total. The fourth-order valence-electron chi connectivity index (χ4n) is 1.26. The molecule has 0 radical (unpaired) electrons. The number of aryl methyl sites for hydroxylation is 1. The van der Waals surface area contributed by atoms with Gasteiger partial charge in [-0.1, -0.05) is 33.6 Å². The first-order chi connectivity index (χ1) is 7.04. The number of carbonyl (C=O) groups excluding carboxylic acids is 1. The van der Waals surface area contributed by atoms with Crippen LogP contribution in [-0.4, -0.2) is 18.5 Å². The monoisotopic (exact) mass is 290 g/mol. The Labute approximate surface area is 103 Å². The molecule has 4 heteroatoms. The van der Waals surface area contributed by atoms with E-state index in [-0.39, 0.29) is 0 Å². The molecule has 0 amide bonds. The van der Waals surface area contributed by atoms with Crippen molar-refractivity contribution in [3.05, 3.63) is 33.8 Å². The molecule has 0 heterocycles. The van der Waals surface area contributed by atoms with Crippen LogP contribution in [0.4, 0.5) is 0 Å². The number of esters is 1. The Kier molecular flexibility index (Phi) is 4.61. The Morgan fingerprint density at radius 2 is 2.27 bits per heavy atom. The molecule has 0 aromatic heterocycles. The second kappa shape index (κ2) is 5.52. The first kappa shape index (κ1) is 12.5. The van der Waals surface area contributed by atoms with E-state index in [1.165, 1.54) is 7.11 Å². The van der Waals surface area contributed by atoms with Crippen molar-refractivity contribution >= 4 is 33.5 Å². The zero-order valence-electron chi connectivity index (χ0n) is 8.59. The van der Waals surface area contributed by atoms with E-state index < -0.39 is 11.3 Å². The molecule has 0 fully saturated rings. The van der Waals surface area contributed by atoms with Crippen molar-refractivity contribution in [2.45, 2.75) is 18.7 Å². The SMILES string of the molecule is COC(=O)C(Cl)Cc1cc(C)ccc1Br. The van der Waals surface area contributed by atoms with E-state index in [9.17, 15) is 4.79 Å². The second-order valence-electron chi connectivity index (χ2n) is 3.29. The lowest BCUT2D eigenvalue weighted by atomic mass is 10.1. The van der Waals surface area contributed by atoms with Crippen molar-refractivity contribution in [1.29, 1.82) is 0 Å².